The smallest absolute Gasteiger partial charge is 0.264 e. The highest BCUT2D eigenvalue weighted by Crippen LogP contribution is 2.48. The summed E-state index contributed by atoms with van der Waals surface area (Å²) in [7, 11) is -0.484. The first-order valence-corrected chi connectivity index (χ1v) is 14.6. The molecule has 10 nitrogen and oxygen atoms in total. The summed E-state index contributed by atoms with van der Waals surface area (Å²) in [5.41, 5.74) is 4.46. The SMILES string of the molecule is Cc1cc2c(cnn2-c2ccc(=O)n(C)c2)cc1C1(C(C)c2ccccc2)CCN(S(=O)(=O)c2cnn(C)n2)C1. The largest absolute Gasteiger partial charge is 0.316 e. The van der Waals surface area contributed by atoms with Crippen molar-refractivity contribution in [3.05, 3.63) is 100 Å². The maximum atomic E-state index is 13.6. The molecule has 5 aromatic rings. The highest BCUT2D eigenvalue weighted by atomic mass is 32.2. The van der Waals surface area contributed by atoms with Gasteiger partial charge in [0.15, 0.2) is 0 Å². The Morgan fingerprint density at radius 1 is 1.00 bits per heavy atom. The number of sulfonamides is 1. The van der Waals surface area contributed by atoms with Crippen molar-refractivity contribution >= 4 is 20.9 Å². The van der Waals surface area contributed by atoms with Crippen LogP contribution >= 0.6 is 0 Å². The van der Waals surface area contributed by atoms with Gasteiger partial charge in [-0.1, -0.05) is 37.3 Å². The van der Waals surface area contributed by atoms with Crippen molar-refractivity contribution in [1.82, 2.24) is 33.6 Å². The van der Waals surface area contributed by atoms with Gasteiger partial charge in [0.1, 0.15) is 0 Å². The predicted molar refractivity (Wildman–Crippen MR) is 152 cm³/mol. The van der Waals surface area contributed by atoms with E-state index in [1.54, 1.807) is 30.7 Å². The molecule has 1 fully saturated rings. The first-order chi connectivity index (χ1) is 19.1. The first kappa shape index (κ1) is 26.1. The highest BCUT2D eigenvalue weighted by molar-refractivity contribution is 7.89. The van der Waals surface area contributed by atoms with Crippen molar-refractivity contribution in [3.8, 4) is 5.69 Å². The van der Waals surface area contributed by atoms with Crippen molar-refractivity contribution in [2.75, 3.05) is 13.1 Å². The molecule has 0 radical (unpaired) electrons. The summed E-state index contributed by atoms with van der Waals surface area (Å²) >= 11 is 0. The Balaban J connectivity index is 1.48. The molecule has 206 valence electrons. The van der Waals surface area contributed by atoms with Crippen LogP contribution < -0.4 is 5.56 Å². The van der Waals surface area contributed by atoms with Gasteiger partial charge in [0.2, 0.25) is 10.6 Å². The Kier molecular flexibility index (Phi) is 6.23. The lowest BCUT2D eigenvalue weighted by Gasteiger charge is -2.38. The minimum Gasteiger partial charge on any atom is -0.316 e. The van der Waals surface area contributed by atoms with E-state index >= 15 is 0 Å². The Morgan fingerprint density at radius 3 is 2.48 bits per heavy atom. The summed E-state index contributed by atoms with van der Waals surface area (Å²) in [4.78, 5) is 13.2. The van der Waals surface area contributed by atoms with E-state index < -0.39 is 15.4 Å². The topological polar surface area (TPSA) is 108 Å². The number of hydrogen-bond donors (Lipinski definition) is 0. The van der Waals surface area contributed by atoms with Crippen LogP contribution in [-0.4, -0.2) is 55.2 Å². The molecule has 3 aromatic heterocycles. The number of hydrogen-bond acceptors (Lipinski definition) is 6. The lowest BCUT2D eigenvalue weighted by Crippen LogP contribution is -2.38. The second-order valence-corrected chi connectivity index (χ2v) is 12.6. The number of pyridine rings is 1. The van der Waals surface area contributed by atoms with Crippen LogP contribution in [0.15, 0.2) is 83.0 Å². The molecular formula is C29H31N7O3S. The zero-order chi connectivity index (χ0) is 28.2. The van der Waals surface area contributed by atoms with Crippen LogP contribution in [-0.2, 0) is 29.5 Å². The number of fused-ring (bicyclic) bond motifs is 1. The summed E-state index contributed by atoms with van der Waals surface area (Å²) < 4.78 is 32.1. The Labute approximate surface area is 232 Å². The molecule has 40 heavy (non-hydrogen) atoms. The maximum Gasteiger partial charge on any atom is 0.264 e. The van der Waals surface area contributed by atoms with Crippen molar-refractivity contribution < 1.29 is 8.42 Å². The molecule has 0 saturated carbocycles. The van der Waals surface area contributed by atoms with Crippen LogP contribution in [0.5, 0.6) is 0 Å². The number of aromatic nitrogens is 6. The molecule has 4 heterocycles. The monoisotopic (exact) mass is 557 g/mol. The van der Waals surface area contributed by atoms with E-state index in [0.29, 0.717) is 19.5 Å². The van der Waals surface area contributed by atoms with Gasteiger partial charge in [-0.2, -0.15) is 19.3 Å². The lowest BCUT2D eigenvalue weighted by molar-refractivity contribution is 0.364. The normalized spacial score (nSPS) is 18.9. The van der Waals surface area contributed by atoms with E-state index in [0.717, 1.165) is 33.3 Å². The number of aryl methyl sites for hydroxylation is 3. The van der Waals surface area contributed by atoms with Gasteiger partial charge in [-0.05, 0) is 54.2 Å². The molecule has 1 saturated heterocycles. The van der Waals surface area contributed by atoms with Crippen LogP contribution in [0.2, 0.25) is 0 Å². The standard InChI is InChI=1S/C29H31N7O3S/c1-20-14-26-23(16-31-36(26)24-10-11-28(37)33(3)18-24)15-25(20)29(21(2)22-8-6-5-7-9-22)12-13-35(19-29)40(38,39)27-17-30-34(4)32-27/h5-11,14-18,21H,12-13,19H2,1-4H3. The van der Waals surface area contributed by atoms with Gasteiger partial charge in [-0.25, -0.2) is 13.1 Å². The Morgan fingerprint density at radius 2 is 1.77 bits per heavy atom. The summed E-state index contributed by atoms with van der Waals surface area (Å²) in [6, 6.07) is 17.8. The fourth-order valence-corrected chi connectivity index (χ4v) is 7.47. The van der Waals surface area contributed by atoms with E-state index in [4.69, 9.17) is 0 Å². The molecular weight excluding hydrogens is 526 g/mol. The van der Waals surface area contributed by atoms with Crippen molar-refractivity contribution in [1.29, 1.82) is 0 Å². The molecule has 0 amide bonds. The van der Waals surface area contributed by atoms with E-state index in [1.165, 1.54) is 21.6 Å². The summed E-state index contributed by atoms with van der Waals surface area (Å²) in [6.07, 6.45) is 5.56. The summed E-state index contributed by atoms with van der Waals surface area (Å²) in [5.74, 6) is 0.0330. The van der Waals surface area contributed by atoms with Gasteiger partial charge in [-0.3, -0.25) is 4.79 Å². The number of rotatable bonds is 6. The highest BCUT2D eigenvalue weighted by Gasteiger charge is 2.49. The van der Waals surface area contributed by atoms with Gasteiger partial charge in [0, 0.05) is 50.2 Å². The van der Waals surface area contributed by atoms with Crippen LogP contribution in [0.3, 0.4) is 0 Å². The fraction of sp³-hybridized carbons (Fsp3) is 0.310. The molecule has 0 bridgehead atoms. The number of benzene rings is 2. The molecule has 2 atom stereocenters. The van der Waals surface area contributed by atoms with E-state index in [2.05, 4.69) is 53.4 Å². The molecule has 2 unspecified atom stereocenters. The van der Waals surface area contributed by atoms with Crippen molar-refractivity contribution in [2.45, 2.75) is 36.6 Å². The average Bonchev–Trinajstić information content (AvgIpc) is 3.69. The minimum absolute atomic E-state index is 0.0330. The van der Waals surface area contributed by atoms with Crippen LogP contribution in [0.1, 0.15) is 36.0 Å². The third-order valence-corrected chi connectivity index (χ3v) is 10.0. The Hall–Kier alpha value is -4.09. The van der Waals surface area contributed by atoms with Crippen LogP contribution in [0, 0.1) is 6.92 Å². The second kappa shape index (κ2) is 9.53. The molecule has 2 aromatic carbocycles. The summed E-state index contributed by atoms with van der Waals surface area (Å²) in [6.45, 7) is 4.96. The van der Waals surface area contributed by atoms with Crippen molar-refractivity contribution in [2.24, 2.45) is 14.1 Å². The molecule has 6 rings (SSSR count). The molecule has 0 N–H and O–H groups in total. The lowest BCUT2D eigenvalue weighted by atomic mass is 9.66. The van der Waals surface area contributed by atoms with Crippen LogP contribution in [0.25, 0.3) is 16.6 Å². The third-order valence-electron chi connectivity index (χ3n) is 8.34. The van der Waals surface area contributed by atoms with Gasteiger partial charge < -0.3 is 4.57 Å². The third kappa shape index (κ3) is 4.16. The number of nitrogens with zero attached hydrogens (tertiary/aromatic N) is 7. The first-order valence-electron chi connectivity index (χ1n) is 13.2. The van der Waals surface area contributed by atoms with Crippen molar-refractivity contribution in [3.63, 3.8) is 0 Å². The molecule has 11 heteroatoms. The molecule has 1 aliphatic heterocycles. The molecule has 0 aliphatic carbocycles. The Bertz CT molecular complexity index is 1890. The van der Waals surface area contributed by atoms with Gasteiger partial charge in [0.05, 0.1) is 23.6 Å². The van der Waals surface area contributed by atoms with Gasteiger partial charge >= 0.3 is 0 Å². The fourth-order valence-electron chi connectivity index (χ4n) is 6.07. The second-order valence-electron chi connectivity index (χ2n) is 10.7. The predicted octanol–water partition coefficient (Wildman–Crippen LogP) is 3.30. The van der Waals surface area contributed by atoms with Gasteiger partial charge in [0.25, 0.3) is 10.0 Å². The summed E-state index contributed by atoms with van der Waals surface area (Å²) in [5, 5.41) is 13.6. The molecule has 0 spiro atoms. The molecule has 1 aliphatic rings. The van der Waals surface area contributed by atoms with Crippen LogP contribution in [0.4, 0.5) is 0 Å². The average molecular weight is 558 g/mol. The minimum atomic E-state index is -3.81. The zero-order valence-electron chi connectivity index (χ0n) is 22.9. The van der Waals surface area contributed by atoms with E-state index in [1.807, 2.05) is 29.1 Å². The van der Waals surface area contributed by atoms with E-state index in [9.17, 15) is 13.2 Å². The zero-order valence-corrected chi connectivity index (χ0v) is 23.7. The van der Waals surface area contributed by atoms with Gasteiger partial charge in [-0.15, -0.1) is 5.10 Å². The quantitative estimate of drug-likeness (QED) is 0.317. The maximum absolute atomic E-state index is 13.6. The van der Waals surface area contributed by atoms with E-state index in [-0.39, 0.29) is 16.5 Å².